The Hall–Kier alpha value is -0.810. The quantitative estimate of drug-likeness (QED) is 0.0376. The molecular formula is C40H79NO8. The van der Waals surface area contributed by atoms with E-state index in [1.165, 1.54) is 122 Å². The number of amides is 1. The number of aliphatic hydroxyl groups excluding tert-OH is 5. The Balaban J connectivity index is 2.13. The Labute approximate surface area is 300 Å². The molecule has 1 rings (SSSR count). The molecule has 0 aromatic carbocycles. The van der Waals surface area contributed by atoms with Crippen molar-refractivity contribution in [2.24, 2.45) is 0 Å². The zero-order valence-corrected chi connectivity index (χ0v) is 31.7. The van der Waals surface area contributed by atoms with Gasteiger partial charge in [0, 0.05) is 6.42 Å². The summed E-state index contributed by atoms with van der Waals surface area (Å²) in [6.45, 7) is 3.71. The summed E-state index contributed by atoms with van der Waals surface area (Å²) in [6, 6.07) is -0.707. The second-order valence-electron chi connectivity index (χ2n) is 14.8. The van der Waals surface area contributed by atoms with E-state index in [1.54, 1.807) is 0 Å². The molecule has 0 aliphatic carbocycles. The van der Waals surface area contributed by atoms with Crippen LogP contribution in [0.1, 0.15) is 194 Å². The van der Waals surface area contributed by atoms with Gasteiger partial charge >= 0.3 is 0 Å². The zero-order chi connectivity index (χ0) is 36.0. The summed E-state index contributed by atoms with van der Waals surface area (Å²) in [6.07, 6.45) is 26.1. The molecule has 292 valence electrons. The topological polar surface area (TPSA) is 149 Å². The van der Waals surface area contributed by atoms with Crippen molar-refractivity contribution >= 4 is 5.91 Å². The molecule has 0 saturated carbocycles. The largest absolute Gasteiger partial charge is 0.394 e. The van der Waals surface area contributed by atoms with Crippen LogP contribution in [-0.4, -0.2) is 87.5 Å². The Morgan fingerprint density at radius 1 is 0.612 bits per heavy atom. The van der Waals surface area contributed by atoms with Crippen LogP contribution in [0.15, 0.2) is 0 Å². The molecule has 0 aromatic heterocycles. The molecule has 7 atom stereocenters. The lowest BCUT2D eigenvalue weighted by molar-refractivity contribution is -0.302. The first-order valence-corrected chi connectivity index (χ1v) is 20.7. The van der Waals surface area contributed by atoms with Gasteiger partial charge in [-0.15, -0.1) is 0 Å². The average Bonchev–Trinajstić information content (AvgIpc) is 3.10. The lowest BCUT2D eigenvalue weighted by Gasteiger charge is -2.40. The number of rotatable bonds is 34. The van der Waals surface area contributed by atoms with E-state index >= 15 is 0 Å². The predicted molar refractivity (Wildman–Crippen MR) is 198 cm³/mol. The maximum absolute atomic E-state index is 12.8. The van der Waals surface area contributed by atoms with E-state index in [9.17, 15) is 30.3 Å². The molecule has 1 aliphatic heterocycles. The van der Waals surface area contributed by atoms with E-state index in [-0.39, 0.29) is 12.5 Å². The van der Waals surface area contributed by atoms with Crippen molar-refractivity contribution in [3.8, 4) is 0 Å². The molecule has 7 unspecified atom stereocenters. The van der Waals surface area contributed by atoms with Gasteiger partial charge in [-0.2, -0.15) is 0 Å². The molecule has 1 fully saturated rings. The van der Waals surface area contributed by atoms with Crippen molar-refractivity contribution in [2.75, 3.05) is 13.2 Å². The fourth-order valence-electron chi connectivity index (χ4n) is 6.81. The van der Waals surface area contributed by atoms with Crippen molar-refractivity contribution in [2.45, 2.75) is 236 Å². The summed E-state index contributed by atoms with van der Waals surface area (Å²) in [5.74, 6) is -0.150. The number of hydrogen-bond donors (Lipinski definition) is 6. The van der Waals surface area contributed by atoms with Gasteiger partial charge in [0.05, 0.1) is 25.4 Å². The number of ether oxygens (including phenoxy) is 2. The fraction of sp³-hybridized carbons (Fsp3) is 0.975. The van der Waals surface area contributed by atoms with Gasteiger partial charge < -0.3 is 40.3 Å². The Kier molecular flexibility index (Phi) is 30.1. The SMILES string of the molecule is CCCCCCCCCCCCCCCCCCCCCCCCC(=O)NC(COC1OC(CO)C(O)C(O)C1O)C(O)CCCCCC. The number of nitrogens with one attached hydrogen (secondary N) is 1. The minimum atomic E-state index is -1.54. The van der Waals surface area contributed by atoms with Crippen LogP contribution in [-0.2, 0) is 14.3 Å². The highest BCUT2D eigenvalue weighted by atomic mass is 16.7. The fourth-order valence-corrected chi connectivity index (χ4v) is 6.81. The first kappa shape index (κ1) is 46.2. The van der Waals surface area contributed by atoms with Gasteiger partial charge in [0.1, 0.15) is 24.4 Å². The Bertz CT molecular complexity index is 741. The van der Waals surface area contributed by atoms with Crippen molar-refractivity contribution in [3.05, 3.63) is 0 Å². The molecule has 9 heteroatoms. The van der Waals surface area contributed by atoms with E-state index in [0.29, 0.717) is 12.8 Å². The van der Waals surface area contributed by atoms with Crippen LogP contribution in [0, 0.1) is 0 Å². The lowest BCUT2D eigenvalue weighted by atomic mass is 9.99. The van der Waals surface area contributed by atoms with Crippen molar-refractivity contribution < 1.29 is 39.8 Å². The van der Waals surface area contributed by atoms with Gasteiger partial charge in [-0.1, -0.05) is 174 Å². The molecule has 1 saturated heterocycles. The van der Waals surface area contributed by atoms with Gasteiger partial charge in [0.15, 0.2) is 6.29 Å². The van der Waals surface area contributed by atoms with E-state index in [1.807, 2.05) is 0 Å². The van der Waals surface area contributed by atoms with Crippen molar-refractivity contribution in [3.63, 3.8) is 0 Å². The molecule has 6 N–H and O–H groups in total. The minimum Gasteiger partial charge on any atom is -0.394 e. The highest BCUT2D eigenvalue weighted by Gasteiger charge is 2.44. The molecule has 9 nitrogen and oxygen atoms in total. The van der Waals surface area contributed by atoms with Gasteiger partial charge in [-0.3, -0.25) is 4.79 Å². The van der Waals surface area contributed by atoms with Crippen LogP contribution in [0.2, 0.25) is 0 Å². The normalized spacial score (nSPS) is 22.3. The number of aliphatic hydroxyl groups is 5. The molecule has 1 amide bonds. The van der Waals surface area contributed by atoms with Crippen molar-refractivity contribution in [1.29, 1.82) is 0 Å². The van der Waals surface area contributed by atoms with Crippen LogP contribution >= 0.6 is 0 Å². The van der Waals surface area contributed by atoms with Crippen LogP contribution < -0.4 is 5.32 Å². The molecule has 1 aliphatic rings. The van der Waals surface area contributed by atoms with Crippen LogP contribution in [0.4, 0.5) is 0 Å². The second kappa shape index (κ2) is 31.9. The Morgan fingerprint density at radius 3 is 1.45 bits per heavy atom. The second-order valence-corrected chi connectivity index (χ2v) is 14.8. The van der Waals surface area contributed by atoms with Crippen LogP contribution in [0.3, 0.4) is 0 Å². The maximum Gasteiger partial charge on any atom is 0.220 e. The highest BCUT2D eigenvalue weighted by Crippen LogP contribution is 2.23. The summed E-state index contributed by atoms with van der Waals surface area (Å²) < 4.78 is 11.1. The van der Waals surface area contributed by atoms with Crippen LogP contribution in [0.25, 0.3) is 0 Å². The first-order chi connectivity index (χ1) is 23.8. The summed E-state index contributed by atoms with van der Waals surface area (Å²) in [4.78, 5) is 12.8. The van der Waals surface area contributed by atoms with Crippen molar-refractivity contribution in [1.82, 2.24) is 5.32 Å². The molecule has 1 heterocycles. The summed E-state index contributed by atoms with van der Waals surface area (Å²) in [7, 11) is 0. The van der Waals surface area contributed by atoms with E-state index in [2.05, 4.69) is 19.2 Å². The van der Waals surface area contributed by atoms with Gasteiger partial charge in [-0.05, 0) is 12.8 Å². The molecular weight excluding hydrogens is 622 g/mol. The van der Waals surface area contributed by atoms with Gasteiger partial charge in [-0.25, -0.2) is 0 Å². The lowest BCUT2D eigenvalue weighted by Crippen LogP contribution is -2.60. The molecule has 0 radical (unpaired) electrons. The van der Waals surface area contributed by atoms with E-state index in [0.717, 1.165) is 44.9 Å². The third-order valence-corrected chi connectivity index (χ3v) is 10.2. The summed E-state index contributed by atoms with van der Waals surface area (Å²) >= 11 is 0. The third kappa shape index (κ3) is 23.4. The van der Waals surface area contributed by atoms with E-state index in [4.69, 9.17) is 9.47 Å². The summed E-state index contributed by atoms with van der Waals surface area (Å²) in [5, 5.41) is 53.6. The summed E-state index contributed by atoms with van der Waals surface area (Å²) in [5.41, 5.74) is 0. The first-order valence-electron chi connectivity index (χ1n) is 20.7. The third-order valence-electron chi connectivity index (χ3n) is 10.2. The van der Waals surface area contributed by atoms with E-state index < -0.39 is 49.5 Å². The predicted octanol–water partition coefficient (Wildman–Crippen LogP) is 7.61. The van der Waals surface area contributed by atoms with Crippen LogP contribution in [0.5, 0.6) is 0 Å². The number of carbonyl (C=O) groups is 1. The monoisotopic (exact) mass is 702 g/mol. The minimum absolute atomic E-state index is 0.136. The maximum atomic E-state index is 12.8. The molecule has 0 aromatic rings. The molecule has 0 spiro atoms. The van der Waals surface area contributed by atoms with Gasteiger partial charge in [0.2, 0.25) is 5.91 Å². The number of carbonyl (C=O) groups excluding carboxylic acids is 1. The number of hydrogen-bond acceptors (Lipinski definition) is 8. The van der Waals surface area contributed by atoms with Gasteiger partial charge in [0.25, 0.3) is 0 Å². The smallest absolute Gasteiger partial charge is 0.220 e. The zero-order valence-electron chi connectivity index (χ0n) is 31.7. The highest BCUT2D eigenvalue weighted by molar-refractivity contribution is 5.76. The number of unbranched alkanes of at least 4 members (excludes halogenated alkanes) is 24. The molecule has 49 heavy (non-hydrogen) atoms. The molecule has 0 bridgehead atoms. The average molecular weight is 702 g/mol. The standard InChI is InChI=1S/C40H79NO8/c1-3-5-7-9-10-11-12-13-14-15-16-17-18-19-20-21-22-23-24-25-26-28-30-36(44)41-33(34(43)29-27-8-6-4-2)32-48-40-39(47)38(46)37(45)35(31-42)49-40/h33-35,37-40,42-43,45-47H,3-32H2,1-2H3,(H,41,44). The Morgan fingerprint density at radius 2 is 1.02 bits per heavy atom.